The zero-order valence-corrected chi connectivity index (χ0v) is 12.0. The van der Waals surface area contributed by atoms with Crippen molar-refractivity contribution in [2.24, 2.45) is 4.99 Å². The lowest BCUT2D eigenvalue weighted by Crippen LogP contribution is -2.35. The molecule has 0 atom stereocenters. The molecule has 1 aromatic heterocycles. The Balaban J connectivity index is 1.85. The molecule has 1 aliphatic heterocycles. The van der Waals surface area contributed by atoms with Gasteiger partial charge in [-0.2, -0.15) is 19.9 Å². The van der Waals surface area contributed by atoms with Crippen LogP contribution in [0.15, 0.2) is 35.3 Å². The molecule has 1 aromatic carbocycles. The topological polar surface area (TPSA) is 83.4 Å². The summed E-state index contributed by atoms with van der Waals surface area (Å²) in [6, 6.07) is 9.17. The number of nitrogens with one attached hydrogen (secondary N) is 1. The highest BCUT2D eigenvalue weighted by molar-refractivity contribution is 6.31. The van der Waals surface area contributed by atoms with Crippen molar-refractivity contribution >= 4 is 46.6 Å². The van der Waals surface area contributed by atoms with Gasteiger partial charge in [0.15, 0.2) is 0 Å². The van der Waals surface area contributed by atoms with Gasteiger partial charge in [-0.15, -0.1) is 0 Å². The van der Waals surface area contributed by atoms with E-state index in [9.17, 15) is 4.79 Å². The number of amidine groups is 1. The van der Waals surface area contributed by atoms with Gasteiger partial charge in [-0.1, -0.05) is 18.2 Å². The fraction of sp³-hybridized carbons (Fsp3) is 0.0833. The molecular formula is C12H8Cl2N6O. The molecule has 0 spiro atoms. The molecule has 0 unspecified atom stereocenters. The van der Waals surface area contributed by atoms with Gasteiger partial charge in [0, 0.05) is 0 Å². The van der Waals surface area contributed by atoms with E-state index in [1.54, 1.807) is 0 Å². The Hall–Kier alpha value is -2.25. The first kappa shape index (κ1) is 13.7. The number of anilines is 1. The fourth-order valence-electron chi connectivity index (χ4n) is 1.79. The van der Waals surface area contributed by atoms with E-state index >= 15 is 0 Å². The molecule has 1 N–H and O–H groups in total. The minimum atomic E-state index is -0.133. The number of hydrogen-bond acceptors (Lipinski definition) is 5. The number of rotatable bonds is 2. The van der Waals surface area contributed by atoms with E-state index in [1.165, 1.54) is 5.01 Å². The number of benzene rings is 1. The first-order chi connectivity index (χ1) is 10.1. The fourth-order valence-corrected chi connectivity index (χ4v) is 2.14. The molecule has 106 valence electrons. The Kier molecular flexibility index (Phi) is 3.68. The lowest BCUT2D eigenvalue weighted by atomic mass is 10.3. The van der Waals surface area contributed by atoms with E-state index in [2.05, 4.69) is 25.4 Å². The van der Waals surface area contributed by atoms with Crippen LogP contribution in [0.5, 0.6) is 0 Å². The van der Waals surface area contributed by atoms with Crippen LogP contribution in [0.4, 0.5) is 11.6 Å². The molecule has 21 heavy (non-hydrogen) atoms. The van der Waals surface area contributed by atoms with Gasteiger partial charge in [-0.05, 0) is 35.3 Å². The molecule has 3 rings (SSSR count). The van der Waals surface area contributed by atoms with Crippen LogP contribution in [0.25, 0.3) is 0 Å². The molecule has 1 saturated heterocycles. The van der Waals surface area contributed by atoms with E-state index in [1.807, 2.05) is 30.3 Å². The van der Waals surface area contributed by atoms with E-state index in [-0.39, 0.29) is 28.8 Å². The van der Waals surface area contributed by atoms with Crippen molar-refractivity contribution in [3.8, 4) is 0 Å². The number of carbonyl (C=O) groups excluding carboxylic acids is 1. The number of nitrogens with zero attached hydrogens (tertiary/aromatic N) is 5. The zero-order valence-electron chi connectivity index (χ0n) is 10.5. The third-order valence-corrected chi connectivity index (χ3v) is 2.97. The smallest absolute Gasteiger partial charge is 0.256 e. The van der Waals surface area contributed by atoms with Crippen LogP contribution in [-0.4, -0.2) is 26.7 Å². The highest BCUT2D eigenvalue weighted by Crippen LogP contribution is 2.18. The molecule has 0 bridgehead atoms. The largest absolute Gasteiger partial charge is 0.277 e. The molecule has 9 heteroatoms. The maximum atomic E-state index is 12.0. The van der Waals surface area contributed by atoms with E-state index < -0.39 is 0 Å². The third kappa shape index (κ3) is 3.09. The molecule has 0 saturated carbocycles. The molecule has 2 heterocycles. The summed E-state index contributed by atoms with van der Waals surface area (Å²) in [4.78, 5) is 27.4. The Morgan fingerprint density at radius 3 is 2.43 bits per heavy atom. The quantitative estimate of drug-likeness (QED) is 0.915. The highest BCUT2D eigenvalue weighted by Gasteiger charge is 2.27. The van der Waals surface area contributed by atoms with Crippen LogP contribution in [0.1, 0.15) is 6.42 Å². The van der Waals surface area contributed by atoms with E-state index in [0.29, 0.717) is 5.84 Å². The van der Waals surface area contributed by atoms with Crippen molar-refractivity contribution in [3.63, 3.8) is 0 Å². The van der Waals surface area contributed by atoms with Gasteiger partial charge in [0.1, 0.15) is 5.84 Å². The summed E-state index contributed by atoms with van der Waals surface area (Å²) in [6.45, 7) is 0. The summed E-state index contributed by atoms with van der Waals surface area (Å²) < 4.78 is 0. The number of carbonyl (C=O) groups is 1. The van der Waals surface area contributed by atoms with Crippen molar-refractivity contribution < 1.29 is 4.79 Å². The number of hydrazine groups is 1. The van der Waals surface area contributed by atoms with Gasteiger partial charge in [-0.25, -0.2) is 5.01 Å². The second-order valence-corrected chi connectivity index (χ2v) is 4.76. The average Bonchev–Trinajstić information content (AvgIpc) is 2.79. The van der Waals surface area contributed by atoms with Gasteiger partial charge >= 0.3 is 0 Å². The van der Waals surface area contributed by atoms with E-state index in [0.717, 1.165) is 5.69 Å². The van der Waals surface area contributed by atoms with Crippen molar-refractivity contribution in [2.75, 3.05) is 5.01 Å². The first-order valence-corrected chi connectivity index (χ1v) is 6.67. The van der Waals surface area contributed by atoms with Crippen molar-refractivity contribution in [1.29, 1.82) is 0 Å². The predicted octanol–water partition coefficient (Wildman–Crippen LogP) is 2.15. The molecular weight excluding hydrogens is 315 g/mol. The summed E-state index contributed by atoms with van der Waals surface area (Å²) in [5.74, 6) is 0.318. The van der Waals surface area contributed by atoms with Gasteiger partial charge in [0.25, 0.3) is 11.9 Å². The number of aliphatic imine (C=N–C) groups is 1. The van der Waals surface area contributed by atoms with Crippen molar-refractivity contribution in [3.05, 3.63) is 40.9 Å². The first-order valence-electron chi connectivity index (χ1n) is 5.91. The molecule has 7 nitrogen and oxygen atoms in total. The molecule has 1 fully saturated rings. The minimum absolute atomic E-state index is 0.0465. The van der Waals surface area contributed by atoms with Crippen LogP contribution >= 0.6 is 23.2 Å². The van der Waals surface area contributed by atoms with Gasteiger partial charge in [-0.3, -0.25) is 10.2 Å². The monoisotopic (exact) mass is 322 g/mol. The normalized spacial score (nSPS) is 16.4. The molecule has 0 radical (unpaired) electrons. The minimum Gasteiger partial charge on any atom is -0.277 e. The molecule has 2 aromatic rings. The molecule has 1 aliphatic rings. The third-order valence-electron chi connectivity index (χ3n) is 2.63. The summed E-state index contributed by atoms with van der Waals surface area (Å²) in [6.07, 6.45) is 0.107. The average molecular weight is 323 g/mol. The van der Waals surface area contributed by atoms with Crippen LogP contribution in [0.2, 0.25) is 10.6 Å². The van der Waals surface area contributed by atoms with Crippen LogP contribution in [-0.2, 0) is 4.79 Å². The van der Waals surface area contributed by atoms with Crippen LogP contribution < -0.4 is 10.4 Å². The summed E-state index contributed by atoms with van der Waals surface area (Å²) in [5, 5.41) is 1.29. The summed E-state index contributed by atoms with van der Waals surface area (Å²) in [7, 11) is 0. The molecule has 1 amide bonds. The Morgan fingerprint density at radius 1 is 1.10 bits per heavy atom. The number of hydrogen-bond donors (Lipinski definition) is 1. The number of amides is 1. The maximum Gasteiger partial charge on any atom is 0.256 e. The lowest BCUT2D eigenvalue weighted by molar-refractivity contribution is -0.116. The Bertz CT molecular complexity index is 701. The maximum absolute atomic E-state index is 12.0. The molecule has 0 aliphatic carbocycles. The Morgan fingerprint density at radius 2 is 1.76 bits per heavy atom. The highest BCUT2D eigenvalue weighted by atomic mass is 35.5. The van der Waals surface area contributed by atoms with Crippen LogP contribution in [0.3, 0.4) is 0 Å². The number of halogens is 2. The second kappa shape index (κ2) is 5.63. The van der Waals surface area contributed by atoms with Crippen LogP contribution in [0, 0.1) is 0 Å². The standard InChI is InChI=1S/C12H8Cl2N6O/c13-10-16-11(14)18-12(17-10)15-8-6-9(21)20(19-8)7-4-2-1-3-5-7/h1-5H,6H2,(H,15,16,17,18,19). The Labute approximate surface area is 129 Å². The summed E-state index contributed by atoms with van der Waals surface area (Å²) in [5.41, 5.74) is 3.61. The zero-order chi connectivity index (χ0) is 14.8. The lowest BCUT2D eigenvalue weighted by Gasteiger charge is -2.15. The van der Waals surface area contributed by atoms with Gasteiger partial charge in [0.2, 0.25) is 10.6 Å². The number of para-hydroxylation sites is 1. The second-order valence-electron chi connectivity index (χ2n) is 4.09. The summed E-state index contributed by atoms with van der Waals surface area (Å²) >= 11 is 11.4. The van der Waals surface area contributed by atoms with Crippen molar-refractivity contribution in [2.45, 2.75) is 6.42 Å². The van der Waals surface area contributed by atoms with Gasteiger partial charge in [0.05, 0.1) is 12.1 Å². The van der Waals surface area contributed by atoms with Crippen molar-refractivity contribution in [1.82, 2.24) is 20.4 Å². The van der Waals surface area contributed by atoms with E-state index in [4.69, 9.17) is 23.2 Å². The number of aromatic nitrogens is 3. The van der Waals surface area contributed by atoms with Gasteiger partial charge < -0.3 is 0 Å². The SMILES string of the molecule is O=C1C/C(=N/c2nc(Cl)nc(Cl)n2)NN1c1ccccc1. The predicted molar refractivity (Wildman–Crippen MR) is 78.6 cm³/mol.